The Morgan fingerprint density at radius 3 is 2.87 bits per heavy atom. The molecule has 2 aromatic rings. The number of carbonyl (C=O) groups excluding carboxylic acids is 2. The molecule has 7 heteroatoms. The Bertz CT molecular complexity index is 884. The maximum atomic E-state index is 12.8. The van der Waals surface area contributed by atoms with Crippen molar-refractivity contribution in [2.75, 3.05) is 25.6 Å². The highest BCUT2D eigenvalue weighted by atomic mass is 16.5. The smallest absolute Gasteiger partial charge is 0.274 e. The van der Waals surface area contributed by atoms with E-state index < -0.39 is 0 Å². The number of imidazole rings is 1. The van der Waals surface area contributed by atoms with Crippen molar-refractivity contribution in [2.45, 2.75) is 39.2 Å². The SMILES string of the molecule is C/C=C\CC(C)CC(=O)Nc1cccc2nc(C(=O)N(C)C3CCOC3)cn12.C=C. The number of aromatic nitrogens is 2. The zero-order valence-corrected chi connectivity index (χ0v) is 18.1. The highest BCUT2D eigenvalue weighted by Gasteiger charge is 2.26. The van der Waals surface area contributed by atoms with E-state index in [9.17, 15) is 9.59 Å². The number of hydrogen-bond donors (Lipinski definition) is 1. The van der Waals surface area contributed by atoms with Crippen molar-refractivity contribution in [2.24, 2.45) is 5.92 Å². The predicted octanol–water partition coefficient (Wildman–Crippen LogP) is 3.93. The number of pyridine rings is 1. The minimum atomic E-state index is -0.142. The molecule has 1 N–H and O–H groups in total. The molecule has 2 atom stereocenters. The highest BCUT2D eigenvalue weighted by molar-refractivity contribution is 5.94. The van der Waals surface area contributed by atoms with E-state index in [1.165, 1.54) is 0 Å². The lowest BCUT2D eigenvalue weighted by Gasteiger charge is -2.21. The molecule has 0 spiro atoms. The molecule has 1 aliphatic heterocycles. The number of hydrogen-bond acceptors (Lipinski definition) is 4. The van der Waals surface area contributed by atoms with Crippen LogP contribution in [0.4, 0.5) is 5.82 Å². The number of ether oxygens (including phenoxy) is 1. The number of likely N-dealkylation sites (N-methyl/N-ethyl adjacent to an activating group) is 1. The first kappa shape index (κ1) is 23.3. The van der Waals surface area contributed by atoms with E-state index in [-0.39, 0.29) is 23.8 Å². The second kappa shape index (κ2) is 11.3. The van der Waals surface area contributed by atoms with Crippen molar-refractivity contribution < 1.29 is 14.3 Å². The van der Waals surface area contributed by atoms with E-state index in [4.69, 9.17) is 4.74 Å². The van der Waals surface area contributed by atoms with Crippen molar-refractivity contribution >= 4 is 23.3 Å². The van der Waals surface area contributed by atoms with Crippen LogP contribution in [0.3, 0.4) is 0 Å². The van der Waals surface area contributed by atoms with Crippen LogP contribution in [0.1, 0.15) is 43.6 Å². The summed E-state index contributed by atoms with van der Waals surface area (Å²) in [5, 5.41) is 2.94. The second-order valence-electron chi connectivity index (χ2n) is 7.36. The van der Waals surface area contributed by atoms with Gasteiger partial charge in [-0.25, -0.2) is 4.98 Å². The van der Waals surface area contributed by atoms with Gasteiger partial charge < -0.3 is 15.0 Å². The van der Waals surface area contributed by atoms with Crippen LogP contribution < -0.4 is 5.32 Å². The minimum absolute atomic E-state index is 0.0497. The quantitative estimate of drug-likeness (QED) is 0.699. The van der Waals surface area contributed by atoms with Crippen molar-refractivity contribution in [3.05, 3.63) is 55.4 Å². The van der Waals surface area contributed by atoms with Gasteiger partial charge in [0.05, 0.1) is 12.6 Å². The van der Waals surface area contributed by atoms with Gasteiger partial charge >= 0.3 is 0 Å². The number of fused-ring (bicyclic) bond motifs is 1. The molecule has 162 valence electrons. The molecule has 0 radical (unpaired) electrons. The largest absolute Gasteiger partial charge is 0.379 e. The Labute approximate surface area is 178 Å². The van der Waals surface area contributed by atoms with Gasteiger partial charge in [-0.15, -0.1) is 13.2 Å². The van der Waals surface area contributed by atoms with E-state index in [2.05, 4.69) is 36.5 Å². The Balaban J connectivity index is 0.00000155. The first-order valence-corrected chi connectivity index (χ1v) is 10.2. The first-order valence-electron chi connectivity index (χ1n) is 10.2. The standard InChI is InChI=1S/C21H28N4O3.C2H4/c1-4-5-7-15(2)12-20(26)23-19-9-6-8-18-22-17(13-25(18)19)21(27)24(3)16-10-11-28-14-16;1-2/h4-6,8-9,13,15-16H,7,10-12,14H2,1-3H3,(H,23,26);1-2H2/b5-4-;. The average molecular weight is 413 g/mol. The van der Waals surface area contributed by atoms with E-state index in [1.54, 1.807) is 22.5 Å². The van der Waals surface area contributed by atoms with Crippen LogP contribution in [-0.2, 0) is 9.53 Å². The van der Waals surface area contributed by atoms with Crippen LogP contribution in [-0.4, -0.2) is 52.4 Å². The molecule has 30 heavy (non-hydrogen) atoms. The molecule has 7 nitrogen and oxygen atoms in total. The summed E-state index contributed by atoms with van der Waals surface area (Å²) in [7, 11) is 1.78. The van der Waals surface area contributed by atoms with Gasteiger partial charge in [-0.1, -0.05) is 25.1 Å². The van der Waals surface area contributed by atoms with Gasteiger partial charge in [-0.05, 0) is 37.8 Å². The first-order chi connectivity index (χ1) is 14.5. The predicted molar refractivity (Wildman–Crippen MR) is 120 cm³/mol. The summed E-state index contributed by atoms with van der Waals surface area (Å²) in [6, 6.07) is 5.53. The van der Waals surface area contributed by atoms with Gasteiger partial charge in [0.2, 0.25) is 5.91 Å². The van der Waals surface area contributed by atoms with Crippen LogP contribution in [0.25, 0.3) is 5.65 Å². The summed E-state index contributed by atoms with van der Waals surface area (Å²) in [5.74, 6) is 0.680. The van der Waals surface area contributed by atoms with Gasteiger partial charge in [0, 0.05) is 26.3 Å². The molecule has 3 rings (SSSR count). The summed E-state index contributed by atoms with van der Waals surface area (Å²) in [6.07, 6.45) is 7.89. The van der Waals surface area contributed by atoms with Gasteiger partial charge in [-0.3, -0.25) is 14.0 Å². The Morgan fingerprint density at radius 1 is 1.43 bits per heavy atom. The number of nitrogens with zero attached hydrogens (tertiary/aromatic N) is 3. The number of amides is 2. The summed E-state index contributed by atoms with van der Waals surface area (Å²) >= 11 is 0. The van der Waals surface area contributed by atoms with Crippen molar-refractivity contribution in [1.29, 1.82) is 0 Å². The van der Waals surface area contributed by atoms with Gasteiger partial charge in [-0.2, -0.15) is 0 Å². The number of nitrogens with one attached hydrogen (secondary N) is 1. The van der Waals surface area contributed by atoms with E-state index in [1.807, 2.05) is 31.2 Å². The topological polar surface area (TPSA) is 75.9 Å². The van der Waals surface area contributed by atoms with Crippen LogP contribution in [0, 0.1) is 5.92 Å². The summed E-state index contributed by atoms with van der Waals surface area (Å²) < 4.78 is 7.12. The third-order valence-corrected chi connectivity index (χ3v) is 5.06. The molecule has 0 bridgehead atoms. The second-order valence-corrected chi connectivity index (χ2v) is 7.36. The molecule has 1 fully saturated rings. The maximum Gasteiger partial charge on any atom is 0.274 e. The molecule has 1 aliphatic rings. The number of allylic oxidation sites excluding steroid dienone is 2. The summed E-state index contributed by atoms with van der Waals surface area (Å²) in [6.45, 7) is 11.3. The number of anilines is 1. The van der Waals surface area contributed by atoms with Gasteiger partial charge in [0.25, 0.3) is 5.91 Å². The lowest BCUT2D eigenvalue weighted by molar-refractivity contribution is -0.117. The molecule has 1 saturated heterocycles. The minimum Gasteiger partial charge on any atom is -0.379 e. The lowest BCUT2D eigenvalue weighted by atomic mass is 10.0. The third kappa shape index (κ3) is 5.79. The number of carbonyl (C=O) groups is 2. The van der Waals surface area contributed by atoms with Crippen LogP contribution >= 0.6 is 0 Å². The van der Waals surface area contributed by atoms with E-state index >= 15 is 0 Å². The van der Waals surface area contributed by atoms with Crippen molar-refractivity contribution in [3.8, 4) is 0 Å². The third-order valence-electron chi connectivity index (χ3n) is 5.06. The molecule has 0 aromatic carbocycles. The zero-order valence-electron chi connectivity index (χ0n) is 18.1. The normalized spacial score (nSPS) is 16.8. The maximum absolute atomic E-state index is 12.8. The van der Waals surface area contributed by atoms with Gasteiger partial charge in [0.1, 0.15) is 17.2 Å². The monoisotopic (exact) mass is 412 g/mol. The summed E-state index contributed by atoms with van der Waals surface area (Å²) in [5.41, 5.74) is 0.983. The molecule has 0 saturated carbocycles. The Kier molecular flexibility index (Phi) is 8.80. The average Bonchev–Trinajstić information content (AvgIpc) is 3.43. The van der Waals surface area contributed by atoms with Gasteiger partial charge in [0.15, 0.2) is 0 Å². The highest BCUT2D eigenvalue weighted by Crippen LogP contribution is 2.18. The fourth-order valence-corrected chi connectivity index (χ4v) is 3.35. The van der Waals surface area contributed by atoms with E-state index in [0.29, 0.717) is 36.8 Å². The molecular weight excluding hydrogens is 380 g/mol. The van der Waals surface area contributed by atoms with Crippen LogP contribution in [0.2, 0.25) is 0 Å². The van der Waals surface area contributed by atoms with E-state index in [0.717, 1.165) is 12.8 Å². The molecule has 2 amide bonds. The molecule has 2 unspecified atom stereocenters. The zero-order chi connectivity index (χ0) is 22.1. The summed E-state index contributed by atoms with van der Waals surface area (Å²) in [4.78, 5) is 31.3. The molecule has 3 heterocycles. The molecule has 0 aliphatic carbocycles. The van der Waals surface area contributed by atoms with Crippen LogP contribution in [0.5, 0.6) is 0 Å². The van der Waals surface area contributed by atoms with Crippen molar-refractivity contribution in [3.63, 3.8) is 0 Å². The molecule has 2 aromatic heterocycles. The lowest BCUT2D eigenvalue weighted by Crippen LogP contribution is -2.37. The van der Waals surface area contributed by atoms with Crippen molar-refractivity contribution in [1.82, 2.24) is 14.3 Å². The molecular formula is C23H32N4O3. The van der Waals surface area contributed by atoms with Crippen LogP contribution in [0.15, 0.2) is 49.7 Å². The Hall–Kier alpha value is -2.93. The fraction of sp³-hybridized carbons (Fsp3) is 0.435. The Morgan fingerprint density at radius 2 is 2.20 bits per heavy atom. The number of rotatable bonds is 7. The fourth-order valence-electron chi connectivity index (χ4n) is 3.35.